The first-order valence-electron chi connectivity index (χ1n) is 6.92. The van der Waals surface area contributed by atoms with Crippen molar-refractivity contribution in [2.45, 2.75) is 32.7 Å². The van der Waals surface area contributed by atoms with Gasteiger partial charge in [-0.15, -0.1) is 0 Å². The number of imidazole rings is 1. The highest BCUT2D eigenvalue weighted by Crippen LogP contribution is 2.28. The van der Waals surface area contributed by atoms with Gasteiger partial charge in [0.2, 0.25) is 0 Å². The Balaban J connectivity index is 2.34. The van der Waals surface area contributed by atoms with Gasteiger partial charge >= 0.3 is 0 Å². The molecule has 3 heterocycles. The van der Waals surface area contributed by atoms with Crippen molar-refractivity contribution in [1.82, 2.24) is 19.5 Å². The minimum absolute atomic E-state index is 0.174. The van der Waals surface area contributed by atoms with E-state index in [1.807, 2.05) is 18.5 Å². The summed E-state index contributed by atoms with van der Waals surface area (Å²) in [4.78, 5) is 13.7. The van der Waals surface area contributed by atoms with Crippen molar-refractivity contribution in [3.63, 3.8) is 0 Å². The molecule has 5 nitrogen and oxygen atoms in total. The van der Waals surface area contributed by atoms with Crippen LogP contribution in [0.2, 0.25) is 0 Å². The minimum Gasteiger partial charge on any atom is -0.396 e. The lowest BCUT2D eigenvalue weighted by molar-refractivity contribution is 0.280. The zero-order valence-electron chi connectivity index (χ0n) is 11.7. The Bertz CT molecular complexity index is 748. The smallest absolute Gasteiger partial charge is 0.115 e. The van der Waals surface area contributed by atoms with E-state index in [-0.39, 0.29) is 6.61 Å². The van der Waals surface area contributed by atoms with Gasteiger partial charge in [0.15, 0.2) is 0 Å². The van der Waals surface area contributed by atoms with Gasteiger partial charge in [0.05, 0.1) is 23.1 Å². The summed E-state index contributed by atoms with van der Waals surface area (Å²) in [5, 5.41) is 9.03. The van der Waals surface area contributed by atoms with Crippen LogP contribution in [0, 0.1) is 0 Å². The van der Waals surface area contributed by atoms with E-state index in [9.17, 15) is 0 Å². The number of aryl methyl sites for hydroxylation is 1. The molecule has 0 fully saturated rings. The van der Waals surface area contributed by atoms with Crippen molar-refractivity contribution in [3.05, 3.63) is 30.4 Å². The molecule has 0 unspecified atom stereocenters. The number of nitrogens with zero attached hydrogens (tertiary/aromatic N) is 4. The molecular weight excluding hydrogens is 252 g/mol. The van der Waals surface area contributed by atoms with E-state index < -0.39 is 0 Å². The highest BCUT2D eigenvalue weighted by Gasteiger charge is 2.16. The quantitative estimate of drug-likeness (QED) is 0.791. The topological polar surface area (TPSA) is 63.8 Å². The van der Waals surface area contributed by atoms with E-state index >= 15 is 0 Å². The van der Waals surface area contributed by atoms with E-state index in [0.29, 0.717) is 12.3 Å². The third-order valence-corrected chi connectivity index (χ3v) is 3.44. The van der Waals surface area contributed by atoms with Crippen LogP contribution in [0.1, 0.15) is 31.9 Å². The van der Waals surface area contributed by atoms with Gasteiger partial charge in [-0.25, -0.2) is 9.97 Å². The fourth-order valence-corrected chi connectivity index (χ4v) is 2.48. The maximum atomic E-state index is 9.03. The van der Waals surface area contributed by atoms with Crippen LogP contribution in [0.5, 0.6) is 0 Å². The first-order chi connectivity index (χ1) is 9.72. The van der Waals surface area contributed by atoms with Crippen molar-refractivity contribution in [2.75, 3.05) is 6.61 Å². The standard InChI is InChI=1S/C15H18N4O/c1-10(2)12-14-15(19(9-17-14)7-4-8-20)13-11(18-12)5-3-6-16-13/h3,5-6,9-10,20H,4,7-8H2,1-2H3. The Morgan fingerprint density at radius 1 is 1.25 bits per heavy atom. The molecule has 0 radical (unpaired) electrons. The molecule has 0 aliphatic carbocycles. The summed E-state index contributed by atoms with van der Waals surface area (Å²) in [6, 6.07) is 3.89. The van der Waals surface area contributed by atoms with Crippen molar-refractivity contribution in [2.24, 2.45) is 0 Å². The van der Waals surface area contributed by atoms with Crippen LogP contribution in [0.15, 0.2) is 24.7 Å². The van der Waals surface area contributed by atoms with Crippen molar-refractivity contribution < 1.29 is 5.11 Å². The highest BCUT2D eigenvalue weighted by molar-refractivity contribution is 6.00. The summed E-state index contributed by atoms with van der Waals surface area (Å²) in [6.45, 7) is 5.15. The second-order valence-corrected chi connectivity index (χ2v) is 5.24. The zero-order valence-corrected chi connectivity index (χ0v) is 11.7. The second-order valence-electron chi connectivity index (χ2n) is 5.24. The van der Waals surface area contributed by atoms with Crippen molar-refractivity contribution >= 4 is 22.1 Å². The molecule has 0 saturated carbocycles. The second kappa shape index (κ2) is 5.17. The molecule has 0 aliphatic heterocycles. The summed E-state index contributed by atoms with van der Waals surface area (Å²) in [5.41, 5.74) is 4.72. The van der Waals surface area contributed by atoms with Crippen LogP contribution in [0.25, 0.3) is 22.1 Å². The Kier molecular flexibility index (Phi) is 3.36. The minimum atomic E-state index is 0.174. The number of aliphatic hydroxyl groups is 1. The Hall–Kier alpha value is -2.01. The van der Waals surface area contributed by atoms with Gasteiger partial charge in [-0.05, 0) is 24.5 Å². The molecule has 20 heavy (non-hydrogen) atoms. The number of rotatable bonds is 4. The molecule has 0 saturated heterocycles. The van der Waals surface area contributed by atoms with E-state index in [2.05, 4.69) is 28.4 Å². The molecule has 0 aromatic carbocycles. The molecule has 0 spiro atoms. The average Bonchev–Trinajstić information content (AvgIpc) is 2.88. The summed E-state index contributed by atoms with van der Waals surface area (Å²) in [7, 11) is 0. The molecule has 0 aliphatic rings. The molecule has 1 N–H and O–H groups in total. The highest BCUT2D eigenvalue weighted by atomic mass is 16.3. The third kappa shape index (κ3) is 2.04. The van der Waals surface area contributed by atoms with Gasteiger partial charge in [0.1, 0.15) is 11.0 Å². The van der Waals surface area contributed by atoms with Gasteiger partial charge in [0, 0.05) is 19.3 Å². The Morgan fingerprint density at radius 3 is 2.85 bits per heavy atom. The first-order valence-corrected chi connectivity index (χ1v) is 6.92. The zero-order chi connectivity index (χ0) is 14.1. The number of fused-ring (bicyclic) bond motifs is 3. The largest absolute Gasteiger partial charge is 0.396 e. The molecule has 0 amide bonds. The van der Waals surface area contributed by atoms with Crippen molar-refractivity contribution in [3.8, 4) is 0 Å². The predicted octanol–water partition coefficient (Wildman–Crippen LogP) is 2.49. The number of hydrogen-bond donors (Lipinski definition) is 1. The Morgan fingerprint density at radius 2 is 2.10 bits per heavy atom. The lowest BCUT2D eigenvalue weighted by atomic mass is 10.1. The van der Waals surface area contributed by atoms with Gasteiger partial charge in [-0.2, -0.15) is 0 Å². The van der Waals surface area contributed by atoms with E-state index in [4.69, 9.17) is 10.1 Å². The number of hydrogen-bond acceptors (Lipinski definition) is 4. The number of pyridine rings is 2. The third-order valence-electron chi connectivity index (χ3n) is 3.44. The van der Waals surface area contributed by atoms with Crippen LogP contribution in [0.4, 0.5) is 0 Å². The normalized spacial score (nSPS) is 11.8. The van der Waals surface area contributed by atoms with Crippen LogP contribution in [0.3, 0.4) is 0 Å². The molecule has 3 aromatic rings. The van der Waals surface area contributed by atoms with Crippen LogP contribution in [-0.4, -0.2) is 31.2 Å². The van der Waals surface area contributed by atoms with E-state index in [0.717, 1.165) is 34.3 Å². The summed E-state index contributed by atoms with van der Waals surface area (Å²) >= 11 is 0. The lowest BCUT2D eigenvalue weighted by Gasteiger charge is -2.10. The fraction of sp³-hybridized carbons (Fsp3) is 0.400. The van der Waals surface area contributed by atoms with Crippen LogP contribution >= 0.6 is 0 Å². The molecule has 0 atom stereocenters. The first kappa shape index (κ1) is 13.0. The summed E-state index contributed by atoms with van der Waals surface area (Å²) < 4.78 is 2.06. The molecule has 3 rings (SSSR count). The SMILES string of the molecule is CC(C)c1nc2cccnc2c2c1ncn2CCCO. The average molecular weight is 270 g/mol. The fourth-order valence-electron chi connectivity index (χ4n) is 2.48. The molecular formula is C15H18N4O. The van der Waals surface area contributed by atoms with Crippen LogP contribution < -0.4 is 0 Å². The predicted molar refractivity (Wildman–Crippen MR) is 78.6 cm³/mol. The van der Waals surface area contributed by atoms with E-state index in [1.165, 1.54) is 0 Å². The molecule has 0 bridgehead atoms. The summed E-state index contributed by atoms with van der Waals surface area (Å²) in [6.07, 6.45) is 4.31. The Labute approximate surface area is 117 Å². The molecule has 5 heteroatoms. The summed E-state index contributed by atoms with van der Waals surface area (Å²) in [5.74, 6) is 0.309. The maximum absolute atomic E-state index is 9.03. The van der Waals surface area contributed by atoms with Gasteiger partial charge in [0.25, 0.3) is 0 Å². The molecule has 104 valence electrons. The lowest BCUT2D eigenvalue weighted by Crippen LogP contribution is -2.02. The maximum Gasteiger partial charge on any atom is 0.115 e. The number of aliphatic hydroxyl groups excluding tert-OH is 1. The van der Waals surface area contributed by atoms with Gasteiger partial charge < -0.3 is 9.67 Å². The van der Waals surface area contributed by atoms with Crippen molar-refractivity contribution in [1.29, 1.82) is 0 Å². The monoisotopic (exact) mass is 270 g/mol. The van der Waals surface area contributed by atoms with Crippen LogP contribution in [-0.2, 0) is 6.54 Å². The van der Waals surface area contributed by atoms with Gasteiger partial charge in [-0.1, -0.05) is 13.8 Å². The van der Waals surface area contributed by atoms with E-state index in [1.54, 1.807) is 6.20 Å². The molecule has 3 aromatic heterocycles. The number of aromatic nitrogens is 4. The van der Waals surface area contributed by atoms with Gasteiger partial charge in [-0.3, -0.25) is 4.98 Å².